The van der Waals surface area contributed by atoms with Gasteiger partial charge in [-0.05, 0) is 105 Å². The fraction of sp³-hybridized carbons (Fsp3) is 0.963. The SMILES string of the molecule is CCCC1(C)C(CC(F)(F)F)CCC2C3CCC(CCCN4CCCC4=O)C3(C)CCC21. The van der Waals surface area contributed by atoms with E-state index in [-0.39, 0.29) is 11.3 Å². The normalized spacial score (nSPS) is 42.2. The summed E-state index contributed by atoms with van der Waals surface area (Å²) in [6, 6.07) is 0. The average molecular weight is 456 g/mol. The van der Waals surface area contributed by atoms with Gasteiger partial charge in [-0.3, -0.25) is 4.79 Å². The molecule has 3 aliphatic carbocycles. The largest absolute Gasteiger partial charge is 0.389 e. The Balaban J connectivity index is 1.43. The Hall–Kier alpha value is -0.740. The van der Waals surface area contributed by atoms with Crippen molar-refractivity contribution in [3.63, 3.8) is 0 Å². The standard InChI is InChI=1S/C27H44F3NO/c1-4-14-25(2)20(18-27(28,29)30)9-11-21-22-12-10-19(26(22,3)15-13-23(21)25)7-5-16-31-17-6-8-24(31)32/h19-23H,4-18H2,1-3H3. The summed E-state index contributed by atoms with van der Waals surface area (Å²) < 4.78 is 40.2. The zero-order valence-corrected chi connectivity index (χ0v) is 20.5. The third-order valence-electron chi connectivity index (χ3n) is 10.7. The Labute approximate surface area is 193 Å². The van der Waals surface area contributed by atoms with E-state index >= 15 is 0 Å². The van der Waals surface area contributed by atoms with Crippen LogP contribution in [0.15, 0.2) is 0 Å². The number of halogens is 3. The number of likely N-dealkylation sites (tertiary alicyclic amines) is 1. The number of rotatable bonds is 7. The van der Waals surface area contributed by atoms with Crippen molar-refractivity contribution >= 4 is 5.91 Å². The Kier molecular flexibility index (Phi) is 6.96. The van der Waals surface area contributed by atoms with Gasteiger partial charge in [-0.25, -0.2) is 0 Å². The summed E-state index contributed by atoms with van der Waals surface area (Å²) in [5.74, 6) is 2.59. The van der Waals surface area contributed by atoms with Crippen LogP contribution in [0.25, 0.3) is 0 Å². The van der Waals surface area contributed by atoms with E-state index in [1.165, 1.54) is 25.7 Å². The summed E-state index contributed by atoms with van der Waals surface area (Å²) in [5.41, 5.74) is 0.183. The van der Waals surface area contributed by atoms with Crippen molar-refractivity contribution in [1.82, 2.24) is 4.90 Å². The maximum absolute atomic E-state index is 13.4. The van der Waals surface area contributed by atoms with Crippen molar-refractivity contribution in [3.8, 4) is 0 Å². The molecule has 4 aliphatic rings. The zero-order chi connectivity index (χ0) is 23.1. The highest BCUT2D eigenvalue weighted by Gasteiger charge is 2.59. The van der Waals surface area contributed by atoms with Crippen LogP contribution in [0.5, 0.6) is 0 Å². The van der Waals surface area contributed by atoms with Crippen LogP contribution in [-0.4, -0.2) is 30.1 Å². The van der Waals surface area contributed by atoms with Gasteiger partial charge in [-0.1, -0.05) is 27.2 Å². The number of hydrogen-bond donors (Lipinski definition) is 0. The first-order chi connectivity index (χ1) is 15.1. The van der Waals surface area contributed by atoms with E-state index in [1.54, 1.807) is 0 Å². The first-order valence-corrected chi connectivity index (χ1v) is 13.4. The van der Waals surface area contributed by atoms with Crippen molar-refractivity contribution in [2.75, 3.05) is 13.1 Å². The molecule has 0 bridgehead atoms. The average Bonchev–Trinajstić information content (AvgIpc) is 3.26. The van der Waals surface area contributed by atoms with Crippen molar-refractivity contribution in [3.05, 3.63) is 0 Å². The summed E-state index contributed by atoms with van der Waals surface area (Å²) in [5, 5.41) is 0. The third-order valence-corrected chi connectivity index (χ3v) is 10.7. The van der Waals surface area contributed by atoms with Gasteiger partial charge in [-0.15, -0.1) is 0 Å². The lowest BCUT2D eigenvalue weighted by Crippen LogP contribution is -2.52. The summed E-state index contributed by atoms with van der Waals surface area (Å²) in [7, 11) is 0. The molecule has 0 radical (unpaired) electrons. The van der Waals surface area contributed by atoms with Gasteiger partial charge in [0, 0.05) is 25.9 Å². The number of carbonyl (C=O) groups excluding carboxylic acids is 1. The topological polar surface area (TPSA) is 20.3 Å². The molecule has 7 atom stereocenters. The van der Waals surface area contributed by atoms with Crippen LogP contribution in [0, 0.1) is 40.4 Å². The molecular formula is C27H44F3NO. The quantitative estimate of drug-likeness (QED) is 0.387. The van der Waals surface area contributed by atoms with E-state index in [9.17, 15) is 18.0 Å². The number of carbonyl (C=O) groups is 1. The van der Waals surface area contributed by atoms with Crippen LogP contribution in [0.2, 0.25) is 0 Å². The molecule has 2 nitrogen and oxygen atoms in total. The fourth-order valence-electron chi connectivity index (χ4n) is 9.13. The predicted molar refractivity (Wildman–Crippen MR) is 122 cm³/mol. The smallest absolute Gasteiger partial charge is 0.343 e. The second-order valence-corrected chi connectivity index (χ2v) is 12.2. The summed E-state index contributed by atoms with van der Waals surface area (Å²) in [4.78, 5) is 14.0. The molecule has 4 rings (SSSR count). The van der Waals surface area contributed by atoms with Crippen LogP contribution in [0.1, 0.15) is 104 Å². The second kappa shape index (κ2) is 9.13. The van der Waals surface area contributed by atoms with E-state index in [1.807, 2.05) is 4.90 Å². The highest BCUT2D eigenvalue weighted by molar-refractivity contribution is 5.77. The van der Waals surface area contributed by atoms with E-state index in [2.05, 4.69) is 20.8 Å². The maximum atomic E-state index is 13.4. The van der Waals surface area contributed by atoms with Crippen LogP contribution in [0.3, 0.4) is 0 Å². The highest BCUT2D eigenvalue weighted by atomic mass is 19.4. The molecule has 4 fully saturated rings. The van der Waals surface area contributed by atoms with Crippen molar-refractivity contribution in [2.45, 2.75) is 110 Å². The van der Waals surface area contributed by atoms with Gasteiger partial charge in [-0.2, -0.15) is 13.2 Å². The molecule has 7 unspecified atom stereocenters. The number of nitrogens with zero attached hydrogens (tertiary/aromatic N) is 1. The Morgan fingerprint density at radius 2 is 1.78 bits per heavy atom. The monoisotopic (exact) mass is 455 g/mol. The van der Waals surface area contributed by atoms with Gasteiger partial charge in [0.2, 0.25) is 5.91 Å². The molecule has 32 heavy (non-hydrogen) atoms. The minimum Gasteiger partial charge on any atom is -0.343 e. The summed E-state index contributed by atoms with van der Waals surface area (Å²) >= 11 is 0. The molecule has 1 amide bonds. The zero-order valence-electron chi connectivity index (χ0n) is 20.5. The Bertz CT molecular complexity index is 678. The minimum atomic E-state index is -4.05. The Morgan fingerprint density at radius 3 is 2.44 bits per heavy atom. The third kappa shape index (κ3) is 4.48. The first kappa shape index (κ1) is 24.4. The molecular weight excluding hydrogens is 411 g/mol. The van der Waals surface area contributed by atoms with Gasteiger partial charge in [0.05, 0.1) is 0 Å². The van der Waals surface area contributed by atoms with E-state index < -0.39 is 12.6 Å². The minimum absolute atomic E-state index is 0.164. The van der Waals surface area contributed by atoms with Crippen molar-refractivity contribution < 1.29 is 18.0 Å². The molecule has 184 valence electrons. The van der Waals surface area contributed by atoms with Crippen LogP contribution in [-0.2, 0) is 4.79 Å². The number of fused-ring (bicyclic) bond motifs is 3. The van der Waals surface area contributed by atoms with Gasteiger partial charge < -0.3 is 4.90 Å². The lowest BCUT2D eigenvalue weighted by molar-refractivity contribution is -0.177. The van der Waals surface area contributed by atoms with Gasteiger partial charge >= 0.3 is 6.18 Å². The molecule has 0 N–H and O–H groups in total. The number of hydrogen-bond acceptors (Lipinski definition) is 1. The number of amides is 1. The number of alkyl halides is 3. The van der Waals surface area contributed by atoms with Crippen LogP contribution in [0.4, 0.5) is 13.2 Å². The predicted octanol–water partition coefficient (Wildman–Crippen LogP) is 7.62. The molecule has 0 aromatic rings. The molecule has 1 aliphatic heterocycles. The molecule has 1 heterocycles. The molecule has 3 saturated carbocycles. The van der Waals surface area contributed by atoms with Crippen LogP contribution < -0.4 is 0 Å². The lowest BCUT2D eigenvalue weighted by atomic mass is 9.46. The highest BCUT2D eigenvalue weighted by Crippen LogP contribution is 2.67. The molecule has 0 aromatic heterocycles. The lowest BCUT2D eigenvalue weighted by Gasteiger charge is -2.59. The second-order valence-electron chi connectivity index (χ2n) is 12.2. The first-order valence-electron chi connectivity index (χ1n) is 13.4. The molecule has 0 spiro atoms. The summed E-state index contributed by atoms with van der Waals surface area (Å²) in [6.07, 6.45) is 7.91. The van der Waals surface area contributed by atoms with Gasteiger partial charge in [0.15, 0.2) is 0 Å². The van der Waals surface area contributed by atoms with E-state index in [4.69, 9.17) is 0 Å². The molecule has 0 aromatic carbocycles. The van der Waals surface area contributed by atoms with Crippen LogP contribution >= 0.6 is 0 Å². The van der Waals surface area contributed by atoms with Crippen molar-refractivity contribution in [2.24, 2.45) is 40.4 Å². The molecule has 1 saturated heterocycles. The van der Waals surface area contributed by atoms with Gasteiger partial charge in [0.1, 0.15) is 0 Å². The van der Waals surface area contributed by atoms with Crippen molar-refractivity contribution in [1.29, 1.82) is 0 Å². The van der Waals surface area contributed by atoms with E-state index in [0.717, 1.165) is 70.4 Å². The maximum Gasteiger partial charge on any atom is 0.389 e. The van der Waals surface area contributed by atoms with E-state index in [0.29, 0.717) is 29.1 Å². The molecule has 5 heteroatoms. The summed E-state index contributed by atoms with van der Waals surface area (Å²) in [6.45, 7) is 8.71. The van der Waals surface area contributed by atoms with Gasteiger partial charge in [0.25, 0.3) is 0 Å². The Morgan fingerprint density at radius 1 is 1.03 bits per heavy atom. The fourth-order valence-corrected chi connectivity index (χ4v) is 9.13.